The molecule has 4 heteroatoms. The van der Waals surface area contributed by atoms with E-state index in [4.69, 9.17) is 0 Å². The molecule has 0 radical (unpaired) electrons. The molecule has 1 N–H and O–H groups in total. The highest BCUT2D eigenvalue weighted by atomic mass is 32.2. The van der Waals surface area contributed by atoms with Gasteiger partial charge in [0, 0.05) is 18.7 Å². The van der Waals surface area contributed by atoms with E-state index in [9.17, 15) is 4.79 Å². The Morgan fingerprint density at radius 3 is 2.77 bits per heavy atom. The van der Waals surface area contributed by atoms with Crippen LogP contribution in [0, 0.1) is 12.8 Å². The van der Waals surface area contributed by atoms with Crippen molar-refractivity contribution in [2.45, 2.75) is 56.4 Å². The Balaban J connectivity index is 1.45. The van der Waals surface area contributed by atoms with Crippen molar-refractivity contribution in [2.24, 2.45) is 5.92 Å². The van der Waals surface area contributed by atoms with E-state index in [1.54, 1.807) is 5.57 Å². The summed E-state index contributed by atoms with van der Waals surface area (Å²) >= 11 is 1.02. The van der Waals surface area contributed by atoms with E-state index in [-0.39, 0.29) is 11.9 Å². The van der Waals surface area contributed by atoms with Crippen molar-refractivity contribution in [1.29, 1.82) is 0 Å². The molecule has 30 heavy (non-hydrogen) atoms. The normalized spacial score (nSPS) is 19.7. The van der Waals surface area contributed by atoms with Crippen LogP contribution in [0.1, 0.15) is 43.2 Å². The molecule has 1 aliphatic heterocycles. The molecule has 1 unspecified atom stereocenters. The minimum Gasteiger partial charge on any atom is -0.337 e. The number of hydrogen-bond acceptors (Lipinski definition) is 2. The van der Waals surface area contributed by atoms with Crippen LogP contribution in [-0.2, 0) is 23.2 Å². The number of nitrogens with one attached hydrogen (secondary N) is 1. The van der Waals surface area contributed by atoms with E-state index in [1.807, 2.05) is 6.07 Å². The first-order valence-corrected chi connectivity index (χ1v) is 12.1. The van der Waals surface area contributed by atoms with Gasteiger partial charge in [0.25, 0.3) is 0 Å². The quantitative estimate of drug-likeness (QED) is 0.401. The lowest BCUT2D eigenvalue weighted by Gasteiger charge is -2.36. The number of nitrogens with zero attached hydrogens (tertiary/aromatic N) is 1. The van der Waals surface area contributed by atoms with Gasteiger partial charge in [-0.2, -0.15) is 0 Å². The first-order chi connectivity index (χ1) is 14.7. The van der Waals surface area contributed by atoms with E-state index in [0.717, 1.165) is 37.9 Å². The molecule has 1 saturated carbocycles. The maximum Gasteiger partial charge on any atom is 0.244 e. The molecule has 158 valence electrons. The Hall–Kier alpha value is -2.04. The minimum atomic E-state index is -0.162. The summed E-state index contributed by atoms with van der Waals surface area (Å²) in [4.78, 5) is 16.9. The van der Waals surface area contributed by atoms with Gasteiger partial charge in [-0.1, -0.05) is 66.6 Å². The van der Waals surface area contributed by atoms with Gasteiger partial charge in [-0.15, -0.1) is 4.72 Å². The van der Waals surface area contributed by atoms with Crippen molar-refractivity contribution in [1.82, 2.24) is 9.62 Å². The summed E-state index contributed by atoms with van der Waals surface area (Å²) in [6, 6.07) is 18.7. The van der Waals surface area contributed by atoms with Crippen molar-refractivity contribution in [3.63, 3.8) is 0 Å². The van der Waals surface area contributed by atoms with E-state index >= 15 is 0 Å². The highest BCUT2D eigenvalue weighted by molar-refractivity contribution is 7.76. The topological polar surface area (TPSA) is 32.3 Å². The van der Waals surface area contributed by atoms with Crippen molar-refractivity contribution < 1.29 is 4.79 Å². The fraction of sp³-hybridized carbons (Fsp3) is 0.423. The van der Waals surface area contributed by atoms with Gasteiger partial charge in [-0.25, -0.2) is 0 Å². The van der Waals surface area contributed by atoms with Gasteiger partial charge in [0.05, 0.1) is 11.9 Å². The van der Waals surface area contributed by atoms with Gasteiger partial charge in [0.1, 0.15) is 6.04 Å². The average molecular weight is 422 g/mol. The van der Waals surface area contributed by atoms with Gasteiger partial charge in [0.2, 0.25) is 5.91 Å². The van der Waals surface area contributed by atoms with Gasteiger partial charge in [0.15, 0.2) is 4.90 Å². The highest BCUT2D eigenvalue weighted by Gasteiger charge is 2.32. The molecule has 2 aromatic carbocycles. The monoisotopic (exact) mass is 421 g/mol. The number of carbonyl (C=O) groups excluding carboxylic acids is 1. The lowest BCUT2D eigenvalue weighted by atomic mass is 9.82. The summed E-state index contributed by atoms with van der Waals surface area (Å²) in [6.07, 6.45) is 9.13. The van der Waals surface area contributed by atoms with Gasteiger partial charge < -0.3 is 4.90 Å². The number of thiol groups is 1. The number of benzene rings is 2. The SMILES string of the molecule is Cc1ccccc1[SH+]N[C@H](CCc1ccccc1)C(=O)N1CC=C2CCCCC2C1. The molecule has 1 amide bonds. The van der Waals surface area contributed by atoms with Crippen LogP contribution >= 0.6 is 0 Å². The molecule has 0 spiro atoms. The average Bonchev–Trinajstić information content (AvgIpc) is 2.80. The largest absolute Gasteiger partial charge is 0.337 e. The van der Waals surface area contributed by atoms with Gasteiger partial charge >= 0.3 is 0 Å². The van der Waals surface area contributed by atoms with E-state index in [0.29, 0.717) is 5.92 Å². The molecule has 2 aromatic rings. The Morgan fingerprint density at radius 1 is 1.13 bits per heavy atom. The summed E-state index contributed by atoms with van der Waals surface area (Å²) in [5.74, 6) is 0.841. The molecule has 2 atom stereocenters. The smallest absolute Gasteiger partial charge is 0.244 e. The summed E-state index contributed by atoms with van der Waals surface area (Å²) in [5.41, 5.74) is 4.14. The molecular formula is C26H33N2OS+. The lowest BCUT2D eigenvalue weighted by molar-refractivity contribution is -0.133. The second-order valence-electron chi connectivity index (χ2n) is 8.57. The molecule has 0 saturated heterocycles. The van der Waals surface area contributed by atoms with Crippen LogP contribution in [0.3, 0.4) is 0 Å². The Morgan fingerprint density at radius 2 is 1.93 bits per heavy atom. The number of rotatable bonds is 7. The number of amides is 1. The zero-order chi connectivity index (χ0) is 20.8. The van der Waals surface area contributed by atoms with Crippen molar-refractivity contribution in [3.8, 4) is 0 Å². The molecule has 0 bridgehead atoms. The van der Waals surface area contributed by atoms with E-state index in [2.05, 4.69) is 71.2 Å². The fourth-order valence-electron chi connectivity index (χ4n) is 4.59. The van der Waals surface area contributed by atoms with Crippen LogP contribution in [0.25, 0.3) is 0 Å². The maximum atomic E-state index is 13.5. The second-order valence-corrected chi connectivity index (χ2v) is 9.53. The van der Waals surface area contributed by atoms with Crippen LogP contribution < -0.4 is 4.72 Å². The third-order valence-electron chi connectivity index (χ3n) is 6.44. The van der Waals surface area contributed by atoms with E-state index < -0.39 is 0 Å². The summed E-state index contributed by atoms with van der Waals surface area (Å²) in [5, 5.41) is 0. The summed E-state index contributed by atoms with van der Waals surface area (Å²) < 4.78 is 3.58. The second kappa shape index (κ2) is 10.3. The summed E-state index contributed by atoms with van der Waals surface area (Å²) in [6.45, 7) is 3.80. The number of hydrogen-bond donors (Lipinski definition) is 1. The maximum absolute atomic E-state index is 13.5. The fourth-order valence-corrected chi connectivity index (χ4v) is 5.54. The minimum absolute atomic E-state index is 0.162. The Bertz CT molecular complexity index is 880. The van der Waals surface area contributed by atoms with Crippen LogP contribution in [0.15, 0.2) is 71.1 Å². The standard InChI is InChI=1S/C26H32N2OS/c1-20-9-5-8-14-25(20)30-27-24(16-15-21-10-3-2-4-11-21)26(29)28-18-17-22-12-6-7-13-23(22)19-28/h2-5,8-11,14,17,23-24,27H,6-7,12-13,15-16,18-19H2,1H3/p+1/t23?,24-/m1/s1. The molecule has 3 nitrogen and oxygen atoms in total. The zero-order valence-electron chi connectivity index (χ0n) is 17.9. The number of carbonyl (C=O) groups is 1. The molecular weight excluding hydrogens is 388 g/mol. The third-order valence-corrected chi connectivity index (χ3v) is 7.62. The van der Waals surface area contributed by atoms with E-state index in [1.165, 1.54) is 41.7 Å². The van der Waals surface area contributed by atoms with Crippen LogP contribution in [-0.4, -0.2) is 29.9 Å². The molecule has 1 fully saturated rings. The molecule has 0 aromatic heterocycles. The van der Waals surface area contributed by atoms with Crippen molar-refractivity contribution in [2.75, 3.05) is 13.1 Å². The van der Waals surface area contributed by atoms with Crippen molar-refractivity contribution >= 4 is 17.9 Å². The predicted molar refractivity (Wildman–Crippen MR) is 127 cm³/mol. The van der Waals surface area contributed by atoms with Gasteiger partial charge in [-0.3, -0.25) is 4.79 Å². The zero-order valence-corrected chi connectivity index (χ0v) is 18.8. The van der Waals surface area contributed by atoms with Crippen LogP contribution in [0.4, 0.5) is 0 Å². The molecule has 1 aliphatic carbocycles. The van der Waals surface area contributed by atoms with Crippen LogP contribution in [0.5, 0.6) is 0 Å². The highest BCUT2D eigenvalue weighted by Crippen LogP contribution is 2.32. The lowest BCUT2D eigenvalue weighted by Crippen LogP contribution is -2.49. The third kappa shape index (κ3) is 5.35. The Labute approximate surface area is 185 Å². The number of aryl methyl sites for hydroxylation is 2. The first-order valence-electron chi connectivity index (χ1n) is 11.2. The molecule has 4 rings (SSSR count). The first kappa shape index (κ1) is 21.2. The van der Waals surface area contributed by atoms with Crippen LogP contribution in [0.2, 0.25) is 0 Å². The van der Waals surface area contributed by atoms with Crippen molar-refractivity contribution in [3.05, 3.63) is 77.4 Å². The summed E-state index contributed by atoms with van der Waals surface area (Å²) in [7, 11) is 0. The van der Waals surface area contributed by atoms with Gasteiger partial charge in [-0.05, 0) is 56.6 Å². The molecule has 1 heterocycles. The Kier molecular flexibility index (Phi) is 7.29. The molecule has 2 aliphatic rings. The number of fused-ring (bicyclic) bond motifs is 1. The predicted octanol–water partition coefficient (Wildman–Crippen LogP) is 4.63.